The van der Waals surface area contributed by atoms with E-state index in [2.05, 4.69) is 15.9 Å². The van der Waals surface area contributed by atoms with E-state index in [-0.39, 0.29) is 11.3 Å². The van der Waals surface area contributed by atoms with Crippen LogP contribution in [0.3, 0.4) is 0 Å². The first kappa shape index (κ1) is 19.7. The molecule has 0 saturated heterocycles. The number of hydrogen-bond acceptors (Lipinski definition) is 3. The highest BCUT2D eigenvalue weighted by Gasteiger charge is 2.30. The van der Waals surface area contributed by atoms with Crippen LogP contribution in [0.2, 0.25) is 0 Å². The second-order valence-electron chi connectivity index (χ2n) is 4.94. The lowest BCUT2D eigenvalue weighted by Gasteiger charge is -2.11. The third-order valence-electron chi connectivity index (χ3n) is 3.02. The van der Waals surface area contributed by atoms with Gasteiger partial charge in [0.15, 0.2) is 6.61 Å². The van der Waals surface area contributed by atoms with Crippen molar-refractivity contribution in [2.24, 2.45) is 0 Å². The molecule has 0 aromatic heterocycles. The van der Waals surface area contributed by atoms with E-state index in [4.69, 9.17) is 4.74 Å². The average molecular weight is 435 g/mol. The van der Waals surface area contributed by atoms with Gasteiger partial charge in [-0.05, 0) is 36.4 Å². The van der Waals surface area contributed by atoms with Crippen LogP contribution >= 0.6 is 15.9 Å². The smallest absolute Gasteiger partial charge is 0.416 e. The molecule has 0 aliphatic rings. The molecule has 2 N–H and O–H groups in total. The summed E-state index contributed by atoms with van der Waals surface area (Å²) < 4.78 is 56.7. The standard InChI is InChI=1S/C16H11BrF4N2O3/c17-10-4-5-12(13(18)7-10)15(25)23-22-14(24)8-26-11-3-1-2-9(6-11)16(19,20)21/h1-7H,8H2,(H,22,24)(H,23,25). The quantitative estimate of drug-likeness (QED) is 0.572. The van der Waals surface area contributed by atoms with Gasteiger partial charge in [-0.1, -0.05) is 22.0 Å². The van der Waals surface area contributed by atoms with E-state index in [9.17, 15) is 27.2 Å². The van der Waals surface area contributed by atoms with Crippen LogP contribution < -0.4 is 15.6 Å². The lowest BCUT2D eigenvalue weighted by Crippen LogP contribution is -2.44. The molecular formula is C16H11BrF4N2O3. The second kappa shape index (κ2) is 8.17. The molecule has 5 nitrogen and oxygen atoms in total. The monoisotopic (exact) mass is 434 g/mol. The molecule has 26 heavy (non-hydrogen) atoms. The maximum Gasteiger partial charge on any atom is 0.416 e. The number of ether oxygens (including phenoxy) is 1. The van der Waals surface area contributed by atoms with Gasteiger partial charge in [0, 0.05) is 4.47 Å². The molecule has 0 aliphatic heterocycles. The van der Waals surface area contributed by atoms with Crippen LogP contribution in [0.1, 0.15) is 15.9 Å². The number of rotatable bonds is 4. The second-order valence-corrected chi connectivity index (χ2v) is 5.86. The van der Waals surface area contributed by atoms with Crippen LogP contribution in [-0.4, -0.2) is 18.4 Å². The first-order valence-electron chi connectivity index (χ1n) is 7.01. The Bertz CT molecular complexity index is 827. The summed E-state index contributed by atoms with van der Waals surface area (Å²) in [7, 11) is 0. The number of benzene rings is 2. The first-order chi connectivity index (χ1) is 12.2. The maximum atomic E-state index is 13.6. The number of carbonyl (C=O) groups excluding carboxylic acids is 2. The lowest BCUT2D eigenvalue weighted by atomic mass is 10.2. The Morgan fingerprint density at radius 2 is 1.81 bits per heavy atom. The van der Waals surface area contributed by atoms with Crippen LogP contribution in [0.5, 0.6) is 5.75 Å². The van der Waals surface area contributed by atoms with Gasteiger partial charge < -0.3 is 4.74 Å². The Morgan fingerprint density at radius 3 is 2.46 bits per heavy atom. The van der Waals surface area contributed by atoms with Gasteiger partial charge in [0.05, 0.1) is 11.1 Å². The van der Waals surface area contributed by atoms with Crippen molar-refractivity contribution in [1.29, 1.82) is 0 Å². The molecule has 2 rings (SSSR count). The fourth-order valence-electron chi connectivity index (χ4n) is 1.81. The maximum absolute atomic E-state index is 13.6. The summed E-state index contributed by atoms with van der Waals surface area (Å²) in [4.78, 5) is 23.4. The molecule has 0 heterocycles. The van der Waals surface area contributed by atoms with Crippen molar-refractivity contribution in [3.05, 3.63) is 63.9 Å². The Morgan fingerprint density at radius 1 is 1.08 bits per heavy atom. The average Bonchev–Trinajstić information content (AvgIpc) is 2.57. The van der Waals surface area contributed by atoms with Gasteiger partial charge in [0.25, 0.3) is 11.8 Å². The molecule has 138 valence electrons. The highest BCUT2D eigenvalue weighted by Crippen LogP contribution is 2.31. The number of hydrogen-bond donors (Lipinski definition) is 2. The van der Waals surface area contributed by atoms with Crippen molar-refractivity contribution < 1.29 is 31.9 Å². The SMILES string of the molecule is O=C(COc1cccc(C(F)(F)F)c1)NNC(=O)c1ccc(Br)cc1F. The number of nitrogens with one attached hydrogen (secondary N) is 2. The van der Waals surface area contributed by atoms with E-state index >= 15 is 0 Å². The predicted octanol–water partition coefficient (Wildman–Crippen LogP) is 3.45. The summed E-state index contributed by atoms with van der Waals surface area (Å²) in [5.74, 6) is -2.71. The topological polar surface area (TPSA) is 67.4 Å². The molecule has 0 radical (unpaired) electrons. The predicted molar refractivity (Wildman–Crippen MR) is 86.6 cm³/mol. The van der Waals surface area contributed by atoms with Crippen molar-refractivity contribution in [3.63, 3.8) is 0 Å². The third kappa shape index (κ3) is 5.45. The molecule has 0 fully saturated rings. The van der Waals surface area contributed by atoms with Crippen molar-refractivity contribution in [2.75, 3.05) is 6.61 Å². The van der Waals surface area contributed by atoms with E-state index in [1.54, 1.807) is 0 Å². The van der Waals surface area contributed by atoms with Gasteiger partial charge in [-0.2, -0.15) is 13.2 Å². The highest BCUT2D eigenvalue weighted by molar-refractivity contribution is 9.10. The van der Waals surface area contributed by atoms with E-state index in [1.165, 1.54) is 18.2 Å². The molecule has 10 heteroatoms. The zero-order valence-corrected chi connectivity index (χ0v) is 14.4. The molecule has 0 saturated carbocycles. The van der Waals surface area contributed by atoms with Crippen molar-refractivity contribution in [1.82, 2.24) is 10.9 Å². The van der Waals surface area contributed by atoms with Crippen LogP contribution in [-0.2, 0) is 11.0 Å². The molecule has 2 aromatic rings. The summed E-state index contributed by atoms with van der Waals surface area (Å²) in [5.41, 5.74) is 2.73. The number of halogens is 5. The normalized spacial score (nSPS) is 11.0. The molecular weight excluding hydrogens is 424 g/mol. The summed E-state index contributed by atoms with van der Waals surface area (Å²) in [5, 5.41) is 0. The summed E-state index contributed by atoms with van der Waals surface area (Å²) in [6.45, 7) is -0.648. The summed E-state index contributed by atoms with van der Waals surface area (Å²) >= 11 is 3.04. The van der Waals surface area contributed by atoms with Crippen LogP contribution in [0.25, 0.3) is 0 Å². The van der Waals surface area contributed by atoms with Crippen molar-refractivity contribution >= 4 is 27.7 Å². The Kier molecular flexibility index (Phi) is 6.19. The molecule has 0 aliphatic carbocycles. The van der Waals surface area contributed by atoms with E-state index in [1.807, 2.05) is 10.9 Å². The minimum atomic E-state index is -4.54. The van der Waals surface area contributed by atoms with E-state index < -0.39 is 36.0 Å². The van der Waals surface area contributed by atoms with Gasteiger partial charge in [0.2, 0.25) is 0 Å². The number of hydrazine groups is 1. The Hall–Kier alpha value is -2.62. The Labute approximate surface area is 153 Å². The van der Waals surface area contributed by atoms with E-state index in [0.717, 1.165) is 24.3 Å². The minimum absolute atomic E-state index is 0.166. The number of carbonyl (C=O) groups is 2. The van der Waals surface area contributed by atoms with Gasteiger partial charge in [0.1, 0.15) is 11.6 Å². The lowest BCUT2D eigenvalue weighted by molar-refractivity contribution is -0.137. The zero-order chi connectivity index (χ0) is 19.3. The molecule has 2 amide bonds. The fraction of sp³-hybridized carbons (Fsp3) is 0.125. The Balaban J connectivity index is 1.87. The summed E-state index contributed by atoms with van der Waals surface area (Å²) in [6, 6.07) is 7.71. The summed E-state index contributed by atoms with van der Waals surface area (Å²) in [6.07, 6.45) is -4.54. The fourth-order valence-corrected chi connectivity index (χ4v) is 2.15. The van der Waals surface area contributed by atoms with Gasteiger partial charge in [-0.3, -0.25) is 20.4 Å². The molecule has 0 atom stereocenters. The highest BCUT2D eigenvalue weighted by atomic mass is 79.9. The van der Waals surface area contributed by atoms with Crippen LogP contribution in [0.15, 0.2) is 46.9 Å². The first-order valence-corrected chi connectivity index (χ1v) is 7.80. The van der Waals surface area contributed by atoms with Crippen LogP contribution in [0, 0.1) is 5.82 Å². The number of amides is 2. The van der Waals surface area contributed by atoms with Gasteiger partial charge in [-0.25, -0.2) is 4.39 Å². The number of alkyl halides is 3. The van der Waals surface area contributed by atoms with E-state index in [0.29, 0.717) is 4.47 Å². The van der Waals surface area contributed by atoms with Crippen LogP contribution in [0.4, 0.5) is 17.6 Å². The molecule has 0 unspecified atom stereocenters. The zero-order valence-electron chi connectivity index (χ0n) is 12.9. The van der Waals surface area contributed by atoms with Gasteiger partial charge >= 0.3 is 6.18 Å². The largest absolute Gasteiger partial charge is 0.484 e. The third-order valence-corrected chi connectivity index (χ3v) is 3.52. The van der Waals surface area contributed by atoms with Crippen molar-refractivity contribution in [3.8, 4) is 5.75 Å². The molecule has 2 aromatic carbocycles. The molecule has 0 spiro atoms. The van der Waals surface area contributed by atoms with Gasteiger partial charge in [-0.15, -0.1) is 0 Å². The van der Waals surface area contributed by atoms with Crippen molar-refractivity contribution in [2.45, 2.75) is 6.18 Å². The minimum Gasteiger partial charge on any atom is -0.484 e. The molecule has 0 bridgehead atoms.